The van der Waals surface area contributed by atoms with E-state index in [4.69, 9.17) is 10.7 Å². The number of halogens is 1. The fourth-order valence-electron chi connectivity index (χ4n) is 2.61. The van der Waals surface area contributed by atoms with Gasteiger partial charge in [-0.2, -0.15) is 0 Å². The summed E-state index contributed by atoms with van der Waals surface area (Å²) in [6.45, 7) is 0. The maximum Gasteiger partial charge on any atom is 0.0737 e. The van der Waals surface area contributed by atoms with Crippen LogP contribution in [0.5, 0.6) is 0 Å². The molecule has 17 heavy (non-hydrogen) atoms. The maximum atomic E-state index is 6.30. The van der Waals surface area contributed by atoms with Gasteiger partial charge in [-0.15, -0.1) is 0 Å². The molecule has 2 aromatic rings. The number of anilines is 1. The van der Waals surface area contributed by atoms with Crippen LogP contribution in [0.3, 0.4) is 0 Å². The lowest BCUT2D eigenvalue weighted by atomic mass is 10.0. The first-order valence-corrected chi connectivity index (χ1v) is 6.91. The summed E-state index contributed by atoms with van der Waals surface area (Å²) in [4.78, 5) is 4.79. The van der Waals surface area contributed by atoms with Crippen molar-refractivity contribution in [3.05, 3.63) is 33.9 Å². The average Bonchev–Trinajstić information content (AvgIpc) is 2.54. The van der Waals surface area contributed by atoms with Crippen molar-refractivity contribution in [2.75, 3.05) is 5.73 Å². The van der Waals surface area contributed by atoms with Crippen LogP contribution in [0, 0.1) is 0 Å². The summed E-state index contributed by atoms with van der Waals surface area (Å²) in [5, 5.41) is 1.09. The van der Waals surface area contributed by atoms with Crippen LogP contribution < -0.4 is 5.73 Å². The number of nitrogens with zero attached hydrogens (tertiary/aromatic N) is 1. The molecule has 0 radical (unpaired) electrons. The van der Waals surface area contributed by atoms with Gasteiger partial charge in [0.2, 0.25) is 0 Å². The van der Waals surface area contributed by atoms with Crippen molar-refractivity contribution in [2.45, 2.75) is 32.1 Å². The first-order valence-electron chi connectivity index (χ1n) is 6.12. The molecule has 1 aromatic heterocycles. The van der Waals surface area contributed by atoms with Crippen molar-refractivity contribution in [3.63, 3.8) is 0 Å². The highest BCUT2D eigenvalue weighted by Gasteiger charge is 2.15. The number of nitrogens with two attached hydrogens (primary N) is 1. The fraction of sp³-hybridized carbons (Fsp3) is 0.357. The number of hydrogen-bond acceptors (Lipinski definition) is 2. The number of hydrogen-bond donors (Lipinski definition) is 1. The predicted octanol–water partition coefficient (Wildman–Crippen LogP) is 3.85. The van der Waals surface area contributed by atoms with Crippen LogP contribution in [-0.4, -0.2) is 4.98 Å². The SMILES string of the molecule is Nc1c2c(nc3cc(Br)ccc13)CCCCC2. The van der Waals surface area contributed by atoms with E-state index in [1.165, 1.54) is 30.5 Å². The number of aromatic nitrogens is 1. The van der Waals surface area contributed by atoms with Crippen molar-refractivity contribution in [1.29, 1.82) is 0 Å². The Morgan fingerprint density at radius 2 is 1.94 bits per heavy atom. The van der Waals surface area contributed by atoms with Gasteiger partial charge >= 0.3 is 0 Å². The first-order chi connectivity index (χ1) is 8.25. The van der Waals surface area contributed by atoms with E-state index in [1.807, 2.05) is 6.07 Å². The first kappa shape index (κ1) is 11.0. The fourth-order valence-corrected chi connectivity index (χ4v) is 2.96. The smallest absolute Gasteiger partial charge is 0.0737 e. The van der Waals surface area contributed by atoms with E-state index in [1.54, 1.807) is 0 Å². The quantitative estimate of drug-likeness (QED) is 0.749. The van der Waals surface area contributed by atoms with Crippen LogP contribution in [0.25, 0.3) is 10.9 Å². The molecule has 0 unspecified atom stereocenters. The molecular weight excluding hydrogens is 276 g/mol. The number of benzene rings is 1. The molecule has 0 saturated carbocycles. The molecule has 0 atom stereocenters. The highest BCUT2D eigenvalue weighted by Crippen LogP contribution is 2.31. The van der Waals surface area contributed by atoms with Gasteiger partial charge in [0.1, 0.15) is 0 Å². The second kappa shape index (κ2) is 4.30. The molecule has 1 aliphatic carbocycles. The number of aryl methyl sites for hydroxylation is 1. The number of pyridine rings is 1. The van der Waals surface area contributed by atoms with Crippen LogP contribution in [-0.2, 0) is 12.8 Å². The zero-order valence-electron chi connectivity index (χ0n) is 9.67. The minimum atomic E-state index is 0.944. The van der Waals surface area contributed by atoms with E-state index in [-0.39, 0.29) is 0 Å². The largest absolute Gasteiger partial charge is 0.398 e. The van der Waals surface area contributed by atoms with Crippen molar-refractivity contribution >= 4 is 32.5 Å². The summed E-state index contributed by atoms with van der Waals surface area (Å²) in [6, 6.07) is 6.15. The van der Waals surface area contributed by atoms with Gasteiger partial charge in [0.05, 0.1) is 5.52 Å². The van der Waals surface area contributed by atoms with Gasteiger partial charge < -0.3 is 5.73 Å². The zero-order chi connectivity index (χ0) is 11.8. The van der Waals surface area contributed by atoms with E-state index in [0.717, 1.165) is 33.9 Å². The highest BCUT2D eigenvalue weighted by molar-refractivity contribution is 9.10. The molecule has 0 saturated heterocycles. The lowest BCUT2D eigenvalue weighted by molar-refractivity contribution is 0.709. The molecule has 3 rings (SSSR count). The number of nitrogen functional groups attached to an aromatic ring is 1. The Labute approximate surface area is 109 Å². The van der Waals surface area contributed by atoms with Gasteiger partial charge in [0, 0.05) is 21.2 Å². The Balaban J connectivity index is 2.29. The average molecular weight is 291 g/mol. The summed E-state index contributed by atoms with van der Waals surface area (Å²) < 4.78 is 1.06. The Morgan fingerprint density at radius 1 is 1.12 bits per heavy atom. The topological polar surface area (TPSA) is 38.9 Å². The molecule has 88 valence electrons. The molecule has 2 nitrogen and oxygen atoms in total. The monoisotopic (exact) mass is 290 g/mol. The minimum absolute atomic E-state index is 0.944. The third-order valence-electron chi connectivity index (χ3n) is 3.52. The van der Waals surface area contributed by atoms with Gasteiger partial charge in [-0.05, 0) is 49.4 Å². The second-order valence-electron chi connectivity index (χ2n) is 4.67. The van der Waals surface area contributed by atoms with Crippen LogP contribution in [0.4, 0.5) is 5.69 Å². The lowest BCUT2D eigenvalue weighted by Crippen LogP contribution is -2.02. The van der Waals surface area contributed by atoms with E-state index in [9.17, 15) is 0 Å². The molecular formula is C14H15BrN2. The van der Waals surface area contributed by atoms with E-state index < -0.39 is 0 Å². The summed E-state index contributed by atoms with van der Waals surface area (Å²) in [7, 11) is 0. The summed E-state index contributed by atoms with van der Waals surface area (Å²) in [6.07, 6.45) is 5.91. The molecule has 0 fully saturated rings. The van der Waals surface area contributed by atoms with Gasteiger partial charge in [-0.3, -0.25) is 4.98 Å². The van der Waals surface area contributed by atoms with Gasteiger partial charge in [0.25, 0.3) is 0 Å². The molecule has 1 aliphatic rings. The normalized spacial score (nSPS) is 15.6. The maximum absolute atomic E-state index is 6.30. The molecule has 0 aliphatic heterocycles. The van der Waals surface area contributed by atoms with Crippen molar-refractivity contribution in [3.8, 4) is 0 Å². The molecule has 1 heterocycles. The molecule has 0 spiro atoms. The minimum Gasteiger partial charge on any atom is -0.398 e. The molecule has 0 amide bonds. The highest BCUT2D eigenvalue weighted by atomic mass is 79.9. The molecule has 0 bridgehead atoms. The molecule has 1 aromatic carbocycles. The Hall–Kier alpha value is -1.09. The summed E-state index contributed by atoms with van der Waals surface area (Å²) >= 11 is 3.49. The van der Waals surface area contributed by atoms with Crippen LogP contribution in [0.1, 0.15) is 30.5 Å². The molecule has 3 heteroatoms. The van der Waals surface area contributed by atoms with Crippen LogP contribution in [0.2, 0.25) is 0 Å². The van der Waals surface area contributed by atoms with E-state index in [0.29, 0.717) is 0 Å². The van der Waals surface area contributed by atoms with E-state index >= 15 is 0 Å². The lowest BCUT2D eigenvalue weighted by Gasteiger charge is -2.12. The van der Waals surface area contributed by atoms with Crippen molar-refractivity contribution < 1.29 is 0 Å². The van der Waals surface area contributed by atoms with Gasteiger partial charge in [-0.25, -0.2) is 0 Å². The zero-order valence-corrected chi connectivity index (χ0v) is 11.3. The third kappa shape index (κ3) is 1.93. The summed E-state index contributed by atoms with van der Waals surface area (Å²) in [5.74, 6) is 0. The summed E-state index contributed by atoms with van der Waals surface area (Å²) in [5.41, 5.74) is 10.8. The van der Waals surface area contributed by atoms with Gasteiger partial charge in [0.15, 0.2) is 0 Å². The second-order valence-corrected chi connectivity index (χ2v) is 5.59. The number of rotatable bonds is 0. The van der Waals surface area contributed by atoms with Crippen molar-refractivity contribution in [1.82, 2.24) is 4.98 Å². The third-order valence-corrected chi connectivity index (χ3v) is 4.01. The van der Waals surface area contributed by atoms with Crippen LogP contribution >= 0.6 is 15.9 Å². The predicted molar refractivity (Wildman–Crippen MR) is 75.1 cm³/mol. The molecule has 2 N–H and O–H groups in total. The van der Waals surface area contributed by atoms with Gasteiger partial charge in [-0.1, -0.05) is 22.4 Å². The van der Waals surface area contributed by atoms with Crippen molar-refractivity contribution in [2.24, 2.45) is 0 Å². The Morgan fingerprint density at radius 3 is 2.82 bits per heavy atom. The Bertz CT molecular complexity index is 578. The van der Waals surface area contributed by atoms with Crippen LogP contribution in [0.15, 0.2) is 22.7 Å². The van der Waals surface area contributed by atoms with E-state index in [2.05, 4.69) is 28.1 Å². The number of fused-ring (bicyclic) bond motifs is 2. The Kier molecular flexibility index (Phi) is 2.79. The standard InChI is InChI=1S/C14H15BrN2/c15-9-6-7-11-13(8-9)17-12-5-3-1-2-4-10(12)14(11)16/h6-8H,1-5H2,(H2,16,17).